The molecule has 2 aromatic rings. The SMILES string of the molecule is Cc1ccc(NC(=O)NCCC2CCCCN2S(=O)(=O)c2ccc(C)cc2)cc1. The summed E-state index contributed by atoms with van der Waals surface area (Å²) in [7, 11) is -3.53. The Morgan fingerprint density at radius 1 is 1.00 bits per heavy atom. The van der Waals surface area contributed by atoms with E-state index in [2.05, 4.69) is 10.6 Å². The van der Waals surface area contributed by atoms with Gasteiger partial charge in [-0.05, 0) is 57.4 Å². The number of nitrogens with one attached hydrogen (secondary N) is 2. The Kier molecular flexibility index (Phi) is 6.92. The van der Waals surface area contributed by atoms with Gasteiger partial charge in [0, 0.05) is 24.8 Å². The topological polar surface area (TPSA) is 78.5 Å². The van der Waals surface area contributed by atoms with Crippen LogP contribution in [-0.4, -0.2) is 37.9 Å². The molecule has 1 unspecified atom stereocenters. The molecule has 2 amide bonds. The molecule has 1 saturated heterocycles. The molecule has 2 N–H and O–H groups in total. The van der Waals surface area contributed by atoms with Crippen LogP contribution < -0.4 is 10.6 Å². The van der Waals surface area contributed by atoms with E-state index in [1.54, 1.807) is 16.4 Å². The number of hydrogen-bond acceptors (Lipinski definition) is 3. The van der Waals surface area contributed by atoms with Crippen LogP contribution in [-0.2, 0) is 10.0 Å². The third kappa shape index (κ3) is 5.58. The van der Waals surface area contributed by atoms with E-state index >= 15 is 0 Å². The first kappa shape index (κ1) is 21.3. The highest BCUT2D eigenvalue weighted by Gasteiger charge is 2.33. The van der Waals surface area contributed by atoms with Crippen LogP contribution >= 0.6 is 0 Å². The van der Waals surface area contributed by atoms with Gasteiger partial charge < -0.3 is 10.6 Å². The number of anilines is 1. The molecule has 0 aromatic heterocycles. The minimum atomic E-state index is -3.53. The lowest BCUT2D eigenvalue weighted by atomic mass is 10.0. The van der Waals surface area contributed by atoms with Gasteiger partial charge in [-0.3, -0.25) is 0 Å². The molecule has 1 fully saturated rings. The van der Waals surface area contributed by atoms with Crippen LogP contribution in [0.5, 0.6) is 0 Å². The Bertz CT molecular complexity index is 925. The Morgan fingerprint density at radius 2 is 1.62 bits per heavy atom. The largest absolute Gasteiger partial charge is 0.338 e. The molecule has 1 aliphatic rings. The Hall–Kier alpha value is -2.38. The highest BCUT2D eigenvalue weighted by atomic mass is 32.2. The van der Waals surface area contributed by atoms with E-state index in [0.29, 0.717) is 24.4 Å². The van der Waals surface area contributed by atoms with Crippen molar-refractivity contribution in [1.82, 2.24) is 9.62 Å². The van der Waals surface area contributed by atoms with E-state index in [1.807, 2.05) is 50.2 Å². The number of nitrogens with zero attached hydrogens (tertiary/aromatic N) is 1. The van der Waals surface area contributed by atoms with Gasteiger partial charge in [0.1, 0.15) is 0 Å². The van der Waals surface area contributed by atoms with Crippen LogP contribution in [0.25, 0.3) is 0 Å². The van der Waals surface area contributed by atoms with Crippen molar-refractivity contribution in [3.8, 4) is 0 Å². The number of benzene rings is 2. The lowest BCUT2D eigenvalue weighted by molar-refractivity contribution is 0.234. The molecule has 1 atom stereocenters. The average Bonchev–Trinajstić information content (AvgIpc) is 2.70. The molecule has 0 bridgehead atoms. The van der Waals surface area contributed by atoms with Crippen molar-refractivity contribution in [3.05, 3.63) is 59.7 Å². The average molecular weight is 416 g/mol. The van der Waals surface area contributed by atoms with Gasteiger partial charge in [-0.2, -0.15) is 4.31 Å². The standard InChI is InChI=1S/C22H29N3O3S/c1-17-6-10-19(11-7-17)24-22(26)23-15-14-20-5-3-4-16-25(20)29(27,28)21-12-8-18(2)9-13-21/h6-13,20H,3-5,14-16H2,1-2H3,(H2,23,24,26). The number of urea groups is 1. The number of sulfonamides is 1. The zero-order chi connectivity index (χ0) is 20.9. The third-order valence-corrected chi connectivity index (χ3v) is 7.24. The predicted molar refractivity (Wildman–Crippen MR) is 116 cm³/mol. The number of carbonyl (C=O) groups excluding carboxylic acids is 1. The Labute approximate surface area is 173 Å². The molecule has 156 valence electrons. The first-order chi connectivity index (χ1) is 13.9. The summed E-state index contributed by atoms with van der Waals surface area (Å²) in [5, 5.41) is 5.64. The molecule has 3 rings (SSSR count). The van der Waals surface area contributed by atoms with Crippen molar-refractivity contribution in [1.29, 1.82) is 0 Å². The molecule has 1 aliphatic heterocycles. The number of hydrogen-bond donors (Lipinski definition) is 2. The van der Waals surface area contributed by atoms with E-state index in [4.69, 9.17) is 0 Å². The second-order valence-corrected chi connectivity index (χ2v) is 9.50. The van der Waals surface area contributed by atoms with Crippen molar-refractivity contribution >= 4 is 21.7 Å². The highest BCUT2D eigenvalue weighted by molar-refractivity contribution is 7.89. The first-order valence-corrected chi connectivity index (χ1v) is 11.5. The van der Waals surface area contributed by atoms with Crippen LogP contribution in [0.3, 0.4) is 0 Å². The maximum atomic E-state index is 13.1. The van der Waals surface area contributed by atoms with Gasteiger partial charge in [0.2, 0.25) is 10.0 Å². The minimum Gasteiger partial charge on any atom is -0.338 e. The second kappa shape index (κ2) is 9.41. The third-order valence-electron chi connectivity index (χ3n) is 5.27. The molecule has 29 heavy (non-hydrogen) atoms. The van der Waals surface area contributed by atoms with Gasteiger partial charge in [0.25, 0.3) is 0 Å². The molecule has 0 spiro atoms. The summed E-state index contributed by atoms with van der Waals surface area (Å²) in [6.45, 7) is 4.87. The van der Waals surface area contributed by atoms with Crippen molar-refractivity contribution < 1.29 is 13.2 Å². The van der Waals surface area contributed by atoms with Crippen molar-refractivity contribution in [2.75, 3.05) is 18.4 Å². The zero-order valence-corrected chi connectivity index (χ0v) is 17.8. The van der Waals surface area contributed by atoms with Gasteiger partial charge in [-0.25, -0.2) is 13.2 Å². The summed E-state index contributed by atoms with van der Waals surface area (Å²) >= 11 is 0. The van der Waals surface area contributed by atoms with Gasteiger partial charge in [0.15, 0.2) is 0 Å². The van der Waals surface area contributed by atoms with Crippen LogP contribution in [0.2, 0.25) is 0 Å². The lowest BCUT2D eigenvalue weighted by Gasteiger charge is -2.34. The molecule has 6 nitrogen and oxygen atoms in total. The normalized spacial score (nSPS) is 17.7. The maximum Gasteiger partial charge on any atom is 0.319 e. The summed E-state index contributed by atoms with van der Waals surface area (Å²) in [6.07, 6.45) is 3.27. The smallest absolute Gasteiger partial charge is 0.319 e. The summed E-state index contributed by atoms with van der Waals surface area (Å²) < 4.78 is 27.8. The monoisotopic (exact) mass is 415 g/mol. The summed E-state index contributed by atoms with van der Waals surface area (Å²) in [5.41, 5.74) is 2.89. The molecule has 0 aliphatic carbocycles. The number of aryl methyl sites for hydroxylation is 2. The molecular weight excluding hydrogens is 386 g/mol. The predicted octanol–water partition coefficient (Wildman–Crippen LogP) is 4.06. The first-order valence-electron chi connectivity index (χ1n) is 10.1. The van der Waals surface area contributed by atoms with Crippen LogP contribution in [0.4, 0.5) is 10.5 Å². The quantitative estimate of drug-likeness (QED) is 0.747. The van der Waals surface area contributed by atoms with Gasteiger partial charge in [-0.15, -0.1) is 0 Å². The van der Waals surface area contributed by atoms with Crippen molar-refractivity contribution in [2.24, 2.45) is 0 Å². The van der Waals surface area contributed by atoms with Gasteiger partial charge in [0.05, 0.1) is 4.90 Å². The highest BCUT2D eigenvalue weighted by Crippen LogP contribution is 2.27. The number of rotatable bonds is 6. The van der Waals surface area contributed by atoms with E-state index in [0.717, 1.165) is 36.1 Å². The molecule has 7 heteroatoms. The number of carbonyl (C=O) groups is 1. The fourth-order valence-corrected chi connectivity index (χ4v) is 5.31. The second-order valence-electron chi connectivity index (χ2n) is 7.61. The molecule has 2 aromatic carbocycles. The Balaban J connectivity index is 1.57. The van der Waals surface area contributed by atoms with Crippen molar-refractivity contribution in [2.45, 2.75) is 50.5 Å². The van der Waals surface area contributed by atoms with Crippen LogP contribution in [0.1, 0.15) is 36.8 Å². The molecule has 0 saturated carbocycles. The van der Waals surface area contributed by atoms with Gasteiger partial charge >= 0.3 is 6.03 Å². The van der Waals surface area contributed by atoms with E-state index in [-0.39, 0.29) is 12.1 Å². The Morgan fingerprint density at radius 3 is 2.28 bits per heavy atom. The summed E-state index contributed by atoms with van der Waals surface area (Å²) in [6, 6.07) is 14.2. The summed E-state index contributed by atoms with van der Waals surface area (Å²) in [5.74, 6) is 0. The lowest BCUT2D eigenvalue weighted by Crippen LogP contribution is -2.45. The fourth-order valence-electron chi connectivity index (χ4n) is 3.59. The van der Waals surface area contributed by atoms with Crippen LogP contribution in [0, 0.1) is 13.8 Å². The molecule has 0 radical (unpaired) electrons. The number of amides is 2. The van der Waals surface area contributed by atoms with Crippen molar-refractivity contribution in [3.63, 3.8) is 0 Å². The van der Waals surface area contributed by atoms with E-state index in [1.165, 1.54) is 0 Å². The van der Waals surface area contributed by atoms with E-state index < -0.39 is 10.0 Å². The molecule has 1 heterocycles. The number of piperidine rings is 1. The van der Waals surface area contributed by atoms with Crippen LogP contribution in [0.15, 0.2) is 53.4 Å². The summed E-state index contributed by atoms with van der Waals surface area (Å²) in [4.78, 5) is 12.5. The minimum absolute atomic E-state index is 0.102. The zero-order valence-electron chi connectivity index (χ0n) is 17.0. The fraction of sp³-hybridized carbons (Fsp3) is 0.409. The molecular formula is C22H29N3O3S. The van der Waals surface area contributed by atoms with E-state index in [9.17, 15) is 13.2 Å². The van der Waals surface area contributed by atoms with Gasteiger partial charge in [-0.1, -0.05) is 41.8 Å². The maximum absolute atomic E-state index is 13.1.